The maximum Gasteiger partial charge on any atom is 0.179 e. The van der Waals surface area contributed by atoms with Gasteiger partial charge in [-0.25, -0.2) is 0 Å². The summed E-state index contributed by atoms with van der Waals surface area (Å²) in [5, 5.41) is 12.5. The molecule has 0 aliphatic heterocycles. The first kappa shape index (κ1) is 17.8. The Bertz CT molecular complexity index is 684. The monoisotopic (exact) mass is 328 g/mol. The van der Waals surface area contributed by atoms with Crippen molar-refractivity contribution in [2.24, 2.45) is 0 Å². The second-order valence-electron chi connectivity index (χ2n) is 5.64. The molecule has 0 aromatic heterocycles. The lowest BCUT2D eigenvalue weighted by Crippen LogP contribution is -2.35. The molecule has 5 heteroatoms. The summed E-state index contributed by atoms with van der Waals surface area (Å²) in [7, 11) is 0. The number of Topliss-reactive ketones (excluding diaryl/α,β-unsaturated/α-hetero) is 1. The number of benzene rings is 2. The summed E-state index contributed by atoms with van der Waals surface area (Å²) >= 11 is 0. The first-order valence-electron chi connectivity index (χ1n) is 8.09. The Balaban J connectivity index is 1.89. The summed E-state index contributed by atoms with van der Waals surface area (Å²) in [6, 6.07) is 11.9. The molecular formula is C19H24N2O3. The molecule has 0 radical (unpaired) electrons. The molecule has 0 heterocycles. The summed E-state index contributed by atoms with van der Waals surface area (Å²) in [4.78, 5) is 12.5. The van der Waals surface area contributed by atoms with E-state index in [9.17, 15) is 9.90 Å². The molecule has 0 saturated heterocycles. The van der Waals surface area contributed by atoms with Crippen LogP contribution in [0.2, 0.25) is 0 Å². The second-order valence-corrected chi connectivity index (χ2v) is 5.64. The van der Waals surface area contributed by atoms with Gasteiger partial charge in [-0.2, -0.15) is 0 Å². The Morgan fingerprint density at radius 2 is 1.96 bits per heavy atom. The van der Waals surface area contributed by atoms with Crippen molar-refractivity contribution in [3.8, 4) is 11.5 Å². The van der Waals surface area contributed by atoms with Crippen LogP contribution in [-0.2, 0) is 6.42 Å². The predicted octanol–water partition coefficient (Wildman–Crippen LogP) is 2.78. The van der Waals surface area contributed by atoms with Crippen molar-refractivity contribution in [1.29, 1.82) is 0 Å². The molecule has 0 spiro atoms. The number of phenolic OH excluding ortho intramolecular Hbond substituents is 1. The lowest BCUT2D eigenvalue weighted by atomic mass is 10.0. The average Bonchev–Trinajstić information content (AvgIpc) is 2.58. The Morgan fingerprint density at radius 1 is 1.25 bits per heavy atom. The number of nitrogens with one attached hydrogen (secondary N) is 1. The van der Waals surface area contributed by atoms with Crippen LogP contribution < -0.4 is 15.8 Å². The van der Waals surface area contributed by atoms with Gasteiger partial charge >= 0.3 is 0 Å². The highest BCUT2D eigenvalue weighted by Gasteiger charge is 2.15. The van der Waals surface area contributed by atoms with Crippen LogP contribution in [-0.4, -0.2) is 30.1 Å². The third-order valence-electron chi connectivity index (χ3n) is 3.79. The number of ether oxygens (including phenoxy) is 1. The number of ketones is 1. The van der Waals surface area contributed by atoms with Gasteiger partial charge in [0, 0.05) is 5.56 Å². The summed E-state index contributed by atoms with van der Waals surface area (Å²) in [5.41, 5.74) is 8.06. The number of anilines is 1. The number of carbonyl (C=O) groups excluding carboxylic acids is 1. The van der Waals surface area contributed by atoms with Gasteiger partial charge in [-0.15, -0.1) is 0 Å². The quantitative estimate of drug-likeness (QED) is 0.512. The number of aromatic hydroxyl groups is 1. The molecule has 1 atom stereocenters. The van der Waals surface area contributed by atoms with E-state index < -0.39 is 0 Å². The maximum atomic E-state index is 12.5. The highest BCUT2D eigenvalue weighted by molar-refractivity contribution is 6.00. The Hall–Kier alpha value is -2.53. The maximum absolute atomic E-state index is 12.5. The number of nitrogens with two attached hydrogens (primary N) is 1. The van der Waals surface area contributed by atoms with Gasteiger partial charge in [-0.05, 0) is 62.7 Å². The highest BCUT2D eigenvalue weighted by atomic mass is 16.5. The SMILES string of the molecule is CCOc1ccc(C(=O)C(C)NCCc2ccc(O)cc2)cc1N. The van der Waals surface area contributed by atoms with Crippen molar-refractivity contribution in [1.82, 2.24) is 5.32 Å². The third kappa shape index (κ3) is 4.73. The smallest absolute Gasteiger partial charge is 0.179 e. The molecule has 0 bridgehead atoms. The van der Waals surface area contributed by atoms with Crippen molar-refractivity contribution in [2.75, 3.05) is 18.9 Å². The van der Waals surface area contributed by atoms with Crippen LogP contribution >= 0.6 is 0 Å². The number of hydrogen-bond donors (Lipinski definition) is 3. The van der Waals surface area contributed by atoms with E-state index in [2.05, 4.69) is 5.32 Å². The van der Waals surface area contributed by atoms with E-state index >= 15 is 0 Å². The molecular weight excluding hydrogens is 304 g/mol. The van der Waals surface area contributed by atoms with E-state index in [0.717, 1.165) is 12.0 Å². The van der Waals surface area contributed by atoms with Gasteiger partial charge in [0.2, 0.25) is 0 Å². The number of nitrogen functional groups attached to an aromatic ring is 1. The zero-order chi connectivity index (χ0) is 17.5. The Morgan fingerprint density at radius 3 is 2.58 bits per heavy atom. The number of carbonyl (C=O) groups is 1. The average molecular weight is 328 g/mol. The van der Waals surface area contributed by atoms with Gasteiger partial charge in [0.1, 0.15) is 11.5 Å². The molecule has 1 unspecified atom stereocenters. The van der Waals surface area contributed by atoms with E-state index in [4.69, 9.17) is 10.5 Å². The third-order valence-corrected chi connectivity index (χ3v) is 3.79. The first-order valence-corrected chi connectivity index (χ1v) is 8.09. The molecule has 5 nitrogen and oxygen atoms in total. The van der Waals surface area contributed by atoms with Crippen molar-refractivity contribution >= 4 is 11.5 Å². The second kappa shape index (κ2) is 8.36. The van der Waals surface area contributed by atoms with Crippen LogP contribution in [0.3, 0.4) is 0 Å². The molecule has 2 rings (SSSR count). The number of rotatable bonds is 8. The van der Waals surface area contributed by atoms with E-state index in [1.807, 2.05) is 26.0 Å². The molecule has 2 aromatic rings. The van der Waals surface area contributed by atoms with Crippen LogP contribution in [0.25, 0.3) is 0 Å². The highest BCUT2D eigenvalue weighted by Crippen LogP contribution is 2.23. The summed E-state index contributed by atoms with van der Waals surface area (Å²) in [6.07, 6.45) is 0.781. The van der Waals surface area contributed by atoms with E-state index in [-0.39, 0.29) is 17.6 Å². The summed E-state index contributed by atoms with van der Waals surface area (Å²) in [5.74, 6) is 0.848. The van der Waals surface area contributed by atoms with Gasteiger partial charge in [-0.1, -0.05) is 12.1 Å². The lowest BCUT2D eigenvalue weighted by molar-refractivity contribution is 0.0951. The van der Waals surface area contributed by atoms with Crippen molar-refractivity contribution in [2.45, 2.75) is 26.3 Å². The van der Waals surface area contributed by atoms with Crippen molar-refractivity contribution in [3.05, 3.63) is 53.6 Å². The van der Waals surface area contributed by atoms with Gasteiger partial charge in [0.25, 0.3) is 0 Å². The van der Waals surface area contributed by atoms with Gasteiger partial charge in [0.15, 0.2) is 5.78 Å². The minimum atomic E-state index is -0.306. The molecule has 0 amide bonds. The largest absolute Gasteiger partial charge is 0.508 e. The molecule has 0 fully saturated rings. The molecule has 0 aliphatic rings. The minimum absolute atomic E-state index is 0.00421. The van der Waals surface area contributed by atoms with Crippen molar-refractivity contribution < 1.29 is 14.6 Å². The first-order chi connectivity index (χ1) is 11.5. The zero-order valence-electron chi connectivity index (χ0n) is 14.1. The number of phenols is 1. The van der Waals surface area contributed by atoms with Crippen LogP contribution in [0.15, 0.2) is 42.5 Å². The standard InChI is InChI=1S/C19H24N2O3/c1-3-24-18-9-6-15(12-17(18)20)19(23)13(2)21-11-10-14-4-7-16(22)8-5-14/h4-9,12-13,21-22H,3,10-11,20H2,1-2H3. The lowest BCUT2D eigenvalue weighted by Gasteiger charge is -2.14. The van der Waals surface area contributed by atoms with E-state index in [0.29, 0.717) is 30.2 Å². The molecule has 24 heavy (non-hydrogen) atoms. The van der Waals surface area contributed by atoms with Gasteiger partial charge in [-0.3, -0.25) is 4.79 Å². The molecule has 2 aromatic carbocycles. The topological polar surface area (TPSA) is 84.6 Å². The van der Waals surface area contributed by atoms with Crippen LogP contribution in [0, 0.1) is 0 Å². The fourth-order valence-electron chi connectivity index (χ4n) is 2.43. The summed E-state index contributed by atoms with van der Waals surface area (Å²) in [6.45, 7) is 4.93. The number of hydrogen-bond acceptors (Lipinski definition) is 5. The van der Waals surface area contributed by atoms with E-state index in [1.165, 1.54) is 0 Å². The minimum Gasteiger partial charge on any atom is -0.508 e. The predicted molar refractivity (Wildman–Crippen MR) is 95.6 cm³/mol. The Labute approximate surface area is 142 Å². The van der Waals surface area contributed by atoms with Gasteiger partial charge in [0.05, 0.1) is 18.3 Å². The fraction of sp³-hybridized carbons (Fsp3) is 0.316. The Kier molecular flexibility index (Phi) is 6.21. The fourth-order valence-corrected chi connectivity index (χ4v) is 2.43. The van der Waals surface area contributed by atoms with Crippen molar-refractivity contribution in [3.63, 3.8) is 0 Å². The van der Waals surface area contributed by atoms with Crippen LogP contribution in [0.4, 0.5) is 5.69 Å². The van der Waals surface area contributed by atoms with Crippen LogP contribution in [0.1, 0.15) is 29.8 Å². The molecule has 0 aliphatic carbocycles. The normalized spacial score (nSPS) is 11.9. The molecule has 128 valence electrons. The summed E-state index contributed by atoms with van der Waals surface area (Å²) < 4.78 is 5.38. The zero-order valence-corrected chi connectivity index (χ0v) is 14.1. The molecule has 0 saturated carbocycles. The van der Waals surface area contributed by atoms with Crippen LogP contribution in [0.5, 0.6) is 11.5 Å². The molecule has 4 N–H and O–H groups in total. The van der Waals surface area contributed by atoms with Gasteiger partial charge < -0.3 is 20.9 Å². The van der Waals surface area contributed by atoms with E-state index in [1.54, 1.807) is 30.3 Å².